The van der Waals surface area contributed by atoms with Crippen LogP contribution in [-0.2, 0) is 10.0 Å². The molecule has 0 aliphatic heterocycles. The molecule has 0 amide bonds. The van der Waals surface area contributed by atoms with Gasteiger partial charge in [0.25, 0.3) is 0 Å². The molecule has 5 nitrogen and oxygen atoms in total. The van der Waals surface area contributed by atoms with Gasteiger partial charge in [0.2, 0.25) is 10.0 Å². The van der Waals surface area contributed by atoms with Crippen molar-refractivity contribution >= 4 is 27.3 Å². The number of nitrogens with one attached hydrogen (secondary N) is 1. The predicted octanol–water partition coefficient (Wildman–Crippen LogP) is 2.30. The standard InChI is InChI=1S/C11H17NO4S2/c1-4-5-11(2,3)12-18(15,16)8-6-9(10(13)14)17-7-8/h6-7,12H,4-5H2,1-3H3,(H,13,14). The molecule has 0 saturated heterocycles. The quantitative estimate of drug-likeness (QED) is 0.842. The number of carboxylic acids is 1. The Bertz CT molecular complexity index is 531. The van der Waals surface area contributed by atoms with Crippen LogP contribution in [0.3, 0.4) is 0 Å². The summed E-state index contributed by atoms with van der Waals surface area (Å²) in [5.41, 5.74) is -0.543. The van der Waals surface area contributed by atoms with Crippen LogP contribution in [0.25, 0.3) is 0 Å². The molecule has 0 radical (unpaired) electrons. The molecule has 18 heavy (non-hydrogen) atoms. The highest BCUT2D eigenvalue weighted by Crippen LogP contribution is 2.22. The largest absolute Gasteiger partial charge is 0.477 e. The molecule has 0 aromatic carbocycles. The van der Waals surface area contributed by atoms with Gasteiger partial charge in [-0.2, -0.15) is 0 Å². The van der Waals surface area contributed by atoms with Crippen LogP contribution in [0.1, 0.15) is 43.3 Å². The van der Waals surface area contributed by atoms with Gasteiger partial charge in [-0.15, -0.1) is 11.3 Å². The molecular weight excluding hydrogens is 274 g/mol. The fraction of sp³-hybridized carbons (Fsp3) is 0.545. The third-order valence-corrected chi connectivity index (χ3v) is 5.13. The first-order valence-electron chi connectivity index (χ1n) is 5.54. The fourth-order valence-corrected chi connectivity index (χ4v) is 4.22. The van der Waals surface area contributed by atoms with Gasteiger partial charge in [-0.25, -0.2) is 17.9 Å². The lowest BCUT2D eigenvalue weighted by Gasteiger charge is -2.24. The minimum atomic E-state index is -3.66. The first-order chi connectivity index (χ1) is 8.18. The van der Waals surface area contributed by atoms with E-state index in [0.29, 0.717) is 6.42 Å². The third-order valence-electron chi connectivity index (χ3n) is 2.38. The molecule has 2 N–H and O–H groups in total. The Morgan fingerprint density at radius 2 is 2.11 bits per heavy atom. The van der Waals surface area contributed by atoms with Crippen molar-refractivity contribution in [1.29, 1.82) is 0 Å². The second-order valence-corrected chi connectivity index (χ2v) is 7.28. The van der Waals surface area contributed by atoms with Gasteiger partial charge in [-0.3, -0.25) is 0 Å². The number of rotatable bonds is 6. The second-order valence-electron chi connectivity index (χ2n) is 4.69. The van der Waals surface area contributed by atoms with Crippen LogP contribution < -0.4 is 4.72 Å². The summed E-state index contributed by atoms with van der Waals surface area (Å²) >= 11 is 0.905. The maximum Gasteiger partial charge on any atom is 0.345 e. The van der Waals surface area contributed by atoms with Crippen molar-refractivity contribution in [2.75, 3.05) is 0 Å². The van der Waals surface area contributed by atoms with E-state index in [1.807, 2.05) is 6.92 Å². The van der Waals surface area contributed by atoms with Crippen LogP contribution in [0.15, 0.2) is 16.3 Å². The van der Waals surface area contributed by atoms with E-state index in [-0.39, 0.29) is 9.77 Å². The topological polar surface area (TPSA) is 83.5 Å². The Hall–Kier alpha value is -0.920. The van der Waals surface area contributed by atoms with Gasteiger partial charge in [-0.1, -0.05) is 13.3 Å². The Balaban J connectivity index is 2.96. The zero-order valence-electron chi connectivity index (χ0n) is 10.6. The smallest absolute Gasteiger partial charge is 0.345 e. The lowest BCUT2D eigenvalue weighted by Crippen LogP contribution is -2.42. The molecule has 0 aliphatic carbocycles. The van der Waals surface area contributed by atoms with E-state index in [0.717, 1.165) is 17.8 Å². The molecule has 7 heteroatoms. The van der Waals surface area contributed by atoms with E-state index in [1.54, 1.807) is 13.8 Å². The van der Waals surface area contributed by atoms with Crippen molar-refractivity contribution in [2.45, 2.75) is 44.0 Å². The van der Waals surface area contributed by atoms with E-state index >= 15 is 0 Å². The third kappa shape index (κ3) is 3.79. The van der Waals surface area contributed by atoms with Crippen molar-refractivity contribution in [2.24, 2.45) is 0 Å². The molecule has 1 heterocycles. The van der Waals surface area contributed by atoms with Crippen LogP contribution in [0.2, 0.25) is 0 Å². The van der Waals surface area contributed by atoms with Crippen LogP contribution in [0.4, 0.5) is 0 Å². The van der Waals surface area contributed by atoms with Crippen molar-refractivity contribution in [3.05, 3.63) is 16.3 Å². The van der Waals surface area contributed by atoms with Crippen LogP contribution in [0, 0.1) is 0 Å². The number of carbonyl (C=O) groups is 1. The van der Waals surface area contributed by atoms with Gasteiger partial charge in [-0.05, 0) is 26.3 Å². The maximum atomic E-state index is 12.1. The fourth-order valence-electron chi connectivity index (χ4n) is 1.67. The lowest BCUT2D eigenvalue weighted by molar-refractivity contribution is 0.0702. The maximum absolute atomic E-state index is 12.1. The van der Waals surface area contributed by atoms with Crippen molar-refractivity contribution in [3.63, 3.8) is 0 Å². The number of carboxylic acid groups (broad SMARTS) is 1. The van der Waals surface area contributed by atoms with Gasteiger partial charge in [0.1, 0.15) is 4.88 Å². The highest BCUT2D eigenvalue weighted by Gasteiger charge is 2.26. The van der Waals surface area contributed by atoms with Gasteiger partial charge < -0.3 is 5.11 Å². The molecule has 0 spiro atoms. The molecule has 0 saturated carbocycles. The Morgan fingerprint density at radius 1 is 1.50 bits per heavy atom. The first kappa shape index (κ1) is 15.1. The van der Waals surface area contributed by atoms with Crippen molar-refractivity contribution < 1.29 is 18.3 Å². The van der Waals surface area contributed by atoms with Gasteiger partial charge in [0, 0.05) is 10.9 Å². The molecule has 102 valence electrons. The molecule has 1 aromatic rings. The summed E-state index contributed by atoms with van der Waals surface area (Å²) in [6.45, 7) is 5.58. The van der Waals surface area contributed by atoms with Gasteiger partial charge >= 0.3 is 5.97 Å². The van der Waals surface area contributed by atoms with E-state index in [4.69, 9.17) is 5.11 Å². The average molecular weight is 291 g/mol. The lowest BCUT2D eigenvalue weighted by atomic mass is 10.0. The predicted molar refractivity (Wildman–Crippen MR) is 70.6 cm³/mol. The minimum absolute atomic E-state index is 0.00841. The first-order valence-corrected chi connectivity index (χ1v) is 7.90. The summed E-state index contributed by atoms with van der Waals surface area (Å²) in [6, 6.07) is 1.18. The summed E-state index contributed by atoms with van der Waals surface area (Å²) in [6.07, 6.45) is 1.57. The molecule has 1 aromatic heterocycles. The molecule has 0 bridgehead atoms. The molecule has 0 fully saturated rings. The van der Waals surface area contributed by atoms with Crippen molar-refractivity contribution in [1.82, 2.24) is 4.72 Å². The number of hydrogen-bond acceptors (Lipinski definition) is 4. The number of sulfonamides is 1. The summed E-state index contributed by atoms with van der Waals surface area (Å²) in [4.78, 5) is 10.7. The molecule has 0 atom stereocenters. The Kier molecular flexibility index (Phi) is 4.52. The highest BCUT2D eigenvalue weighted by molar-refractivity contribution is 7.89. The average Bonchev–Trinajstić information content (AvgIpc) is 2.64. The summed E-state index contributed by atoms with van der Waals surface area (Å²) in [5.74, 6) is -1.12. The van der Waals surface area contributed by atoms with Crippen LogP contribution in [0.5, 0.6) is 0 Å². The highest BCUT2D eigenvalue weighted by atomic mass is 32.2. The number of thiophene rings is 1. The minimum Gasteiger partial charge on any atom is -0.477 e. The van der Waals surface area contributed by atoms with E-state index in [2.05, 4.69) is 4.72 Å². The SMILES string of the molecule is CCCC(C)(C)NS(=O)(=O)c1csc(C(=O)O)c1. The normalized spacial score (nSPS) is 12.6. The zero-order valence-corrected chi connectivity index (χ0v) is 12.2. The van der Waals surface area contributed by atoms with Crippen molar-refractivity contribution in [3.8, 4) is 0 Å². The van der Waals surface area contributed by atoms with Crippen LogP contribution >= 0.6 is 11.3 Å². The molecule has 1 rings (SSSR count). The zero-order chi connectivity index (χ0) is 14.0. The monoisotopic (exact) mass is 291 g/mol. The summed E-state index contributed by atoms with van der Waals surface area (Å²) in [7, 11) is -3.66. The Labute approximate surface area is 111 Å². The Morgan fingerprint density at radius 3 is 2.56 bits per heavy atom. The van der Waals surface area contributed by atoms with Gasteiger partial charge in [0.05, 0.1) is 4.90 Å². The summed E-state index contributed by atoms with van der Waals surface area (Å²) in [5, 5.41) is 10.1. The number of hydrogen-bond donors (Lipinski definition) is 2. The molecule has 0 unspecified atom stereocenters. The second kappa shape index (κ2) is 5.38. The van der Waals surface area contributed by atoms with E-state index in [1.165, 1.54) is 11.4 Å². The van der Waals surface area contributed by atoms with Gasteiger partial charge in [0.15, 0.2) is 0 Å². The van der Waals surface area contributed by atoms with E-state index in [9.17, 15) is 13.2 Å². The van der Waals surface area contributed by atoms with Crippen LogP contribution in [-0.4, -0.2) is 25.0 Å². The molecular formula is C11H17NO4S2. The summed E-state index contributed by atoms with van der Waals surface area (Å²) < 4.78 is 26.7. The molecule has 0 aliphatic rings. The van der Waals surface area contributed by atoms with E-state index < -0.39 is 21.5 Å². The number of aromatic carboxylic acids is 1.